The van der Waals surface area contributed by atoms with Gasteiger partial charge in [0.2, 0.25) is 0 Å². The predicted molar refractivity (Wildman–Crippen MR) is 72.4 cm³/mol. The molecule has 1 aromatic carbocycles. The van der Waals surface area contributed by atoms with Crippen molar-refractivity contribution in [3.63, 3.8) is 0 Å². The summed E-state index contributed by atoms with van der Waals surface area (Å²) in [5, 5.41) is 15.3. The second kappa shape index (κ2) is 5.58. The number of carbonyl (C=O) groups excluding carboxylic acids is 1. The number of nitrogens with zero attached hydrogens (tertiary/aromatic N) is 1. The molecular formula is C13H11ClN3O2-. The van der Waals surface area contributed by atoms with Crippen LogP contribution in [-0.2, 0) is 0 Å². The molecule has 0 spiro atoms. The monoisotopic (exact) mass is 276 g/mol. The normalized spacial score (nSPS) is 11.4. The molecule has 5 nitrogen and oxygen atoms in total. The number of carbonyl (C=O) groups is 1. The van der Waals surface area contributed by atoms with Crippen LogP contribution in [0.3, 0.4) is 0 Å². The Morgan fingerprint density at radius 3 is 2.84 bits per heavy atom. The number of aromatic nitrogens is 1. The lowest BCUT2D eigenvalue weighted by Gasteiger charge is -2.08. The molecule has 98 valence electrons. The molecule has 0 aliphatic rings. The van der Waals surface area contributed by atoms with E-state index in [4.69, 9.17) is 11.6 Å². The van der Waals surface area contributed by atoms with Crippen molar-refractivity contribution in [1.29, 1.82) is 0 Å². The maximum Gasteiger partial charge on any atom is 0.0810 e. The lowest BCUT2D eigenvalue weighted by Crippen LogP contribution is -2.22. The highest BCUT2D eigenvalue weighted by Gasteiger charge is 2.03. The Morgan fingerprint density at radius 1 is 1.42 bits per heavy atom. The number of hydrogen-bond acceptors (Lipinski definition) is 4. The molecule has 0 aliphatic carbocycles. The van der Waals surface area contributed by atoms with E-state index >= 15 is 0 Å². The van der Waals surface area contributed by atoms with Gasteiger partial charge in [-0.2, -0.15) is 5.10 Å². The quantitative estimate of drug-likeness (QED) is 0.661. The standard InChI is InChI=1S/C13H12ClN3O2/c1-8(11-3-2-6-15-11)16-17-12-7-9(13(18)19)4-5-10(12)14/h2-7,15,17H,1H3,(H,18,19)/p-1/b16-8+. The van der Waals surface area contributed by atoms with Crippen LogP contribution in [0.4, 0.5) is 5.69 Å². The Labute approximate surface area is 114 Å². The van der Waals surface area contributed by atoms with Crippen molar-refractivity contribution < 1.29 is 9.90 Å². The third-order valence-corrected chi connectivity index (χ3v) is 2.86. The molecular weight excluding hydrogens is 266 g/mol. The maximum atomic E-state index is 10.8. The van der Waals surface area contributed by atoms with Gasteiger partial charge in [0.1, 0.15) is 0 Å². The lowest BCUT2D eigenvalue weighted by molar-refractivity contribution is -0.255. The highest BCUT2D eigenvalue weighted by atomic mass is 35.5. The van der Waals surface area contributed by atoms with E-state index in [1.165, 1.54) is 18.2 Å². The third kappa shape index (κ3) is 3.14. The molecule has 0 atom stereocenters. The Kier molecular flexibility index (Phi) is 3.87. The summed E-state index contributed by atoms with van der Waals surface area (Å²) in [6.07, 6.45) is 1.79. The number of hydrogen-bond donors (Lipinski definition) is 2. The first-order chi connectivity index (χ1) is 9.08. The van der Waals surface area contributed by atoms with Crippen LogP contribution in [0.5, 0.6) is 0 Å². The Morgan fingerprint density at radius 2 is 2.21 bits per heavy atom. The van der Waals surface area contributed by atoms with Gasteiger partial charge < -0.3 is 14.9 Å². The number of hydrazone groups is 1. The lowest BCUT2D eigenvalue weighted by atomic mass is 10.2. The number of carboxylic acids is 1. The van der Waals surface area contributed by atoms with Crippen LogP contribution in [0.25, 0.3) is 0 Å². The average Bonchev–Trinajstić information content (AvgIpc) is 2.91. The first kappa shape index (κ1) is 13.2. The second-order valence-corrected chi connectivity index (χ2v) is 4.28. The van der Waals surface area contributed by atoms with Crippen molar-refractivity contribution in [3.05, 3.63) is 52.8 Å². The van der Waals surface area contributed by atoms with Gasteiger partial charge in [-0.25, -0.2) is 0 Å². The predicted octanol–water partition coefficient (Wildman–Crippen LogP) is 1.87. The minimum atomic E-state index is -1.26. The Bertz CT molecular complexity index is 621. The van der Waals surface area contributed by atoms with E-state index in [-0.39, 0.29) is 5.56 Å². The van der Waals surface area contributed by atoms with E-state index in [2.05, 4.69) is 15.5 Å². The largest absolute Gasteiger partial charge is 0.545 e. The first-order valence-electron chi connectivity index (χ1n) is 5.53. The molecule has 0 saturated carbocycles. The maximum absolute atomic E-state index is 10.8. The number of aromatic carboxylic acids is 1. The van der Waals surface area contributed by atoms with Crippen LogP contribution in [0.1, 0.15) is 23.0 Å². The molecule has 0 amide bonds. The van der Waals surface area contributed by atoms with E-state index in [0.29, 0.717) is 10.7 Å². The fourth-order valence-corrected chi connectivity index (χ4v) is 1.66. The zero-order valence-corrected chi connectivity index (χ0v) is 10.9. The van der Waals surface area contributed by atoms with Crippen molar-refractivity contribution in [2.45, 2.75) is 6.92 Å². The van der Waals surface area contributed by atoms with Crippen molar-refractivity contribution >= 4 is 29.0 Å². The van der Waals surface area contributed by atoms with E-state index in [1.54, 1.807) is 6.20 Å². The van der Waals surface area contributed by atoms with Gasteiger partial charge >= 0.3 is 0 Å². The minimum Gasteiger partial charge on any atom is -0.545 e. The fourth-order valence-electron chi connectivity index (χ4n) is 1.50. The Balaban J connectivity index is 2.21. The molecule has 1 heterocycles. The molecule has 6 heteroatoms. The number of rotatable bonds is 4. The molecule has 1 aromatic heterocycles. The van der Waals surface area contributed by atoms with Gasteiger partial charge in [0.15, 0.2) is 0 Å². The first-order valence-corrected chi connectivity index (χ1v) is 5.90. The van der Waals surface area contributed by atoms with Crippen LogP contribution in [0, 0.1) is 0 Å². The van der Waals surface area contributed by atoms with Crippen LogP contribution in [-0.4, -0.2) is 16.7 Å². The van der Waals surface area contributed by atoms with Gasteiger partial charge in [0.05, 0.1) is 28.1 Å². The highest BCUT2D eigenvalue weighted by Crippen LogP contribution is 2.23. The number of H-pyrrole nitrogens is 1. The summed E-state index contributed by atoms with van der Waals surface area (Å²) in [7, 11) is 0. The van der Waals surface area contributed by atoms with Crippen LogP contribution < -0.4 is 10.5 Å². The van der Waals surface area contributed by atoms with Gasteiger partial charge in [0, 0.05) is 6.20 Å². The molecule has 2 aromatic rings. The summed E-state index contributed by atoms with van der Waals surface area (Å²) in [6, 6.07) is 7.97. The van der Waals surface area contributed by atoms with Crippen molar-refractivity contribution in [1.82, 2.24) is 4.98 Å². The molecule has 0 radical (unpaired) electrons. The Hall–Kier alpha value is -2.27. The molecule has 0 unspecified atom stereocenters. The topological polar surface area (TPSA) is 80.3 Å². The number of anilines is 1. The summed E-state index contributed by atoms with van der Waals surface area (Å²) in [5.74, 6) is -1.26. The number of carboxylic acid groups (broad SMARTS) is 1. The van der Waals surface area contributed by atoms with Crippen molar-refractivity contribution in [3.8, 4) is 0 Å². The molecule has 0 aliphatic heterocycles. The average molecular weight is 277 g/mol. The SMILES string of the molecule is C/C(=N\Nc1cc(C(=O)[O-])ccc1Cl)c1ccc[nH]1. The molecule has 2 rings (SSSR count). The van der Waals surface area contributed by atoms with E-state index in [1.807, 2.05) is 19.1 Å². The number of benzene rings is 1. The van der Waals surface area contributed by atoms with Crippen molar-refractivity contribution in [2.24, 2.45) is 5.10 Å². The zero-order valence-electron chi connectivity index (χ0n) is 10.1. The summed E-state index contributed by atoms with van der Waals surface area (Å²) >= 11 is 5.96. The van der Waals surface area contributed by atoms with Gasteiger partial charge in [-0.05, 0) is 36.8 Å². The van der Waals surface area contributed by atoms with Gasteiger partial charge in [-0.3, -0.25) is 5.43 Å². The van der Waals surface area contributed by atoms with E-state index in [9.17, 15) is 9.90 Å². The molecule has 0 bridgehead atoms. The van der Waals surface area contributed by atoms with Crippen LogP contribution in [0.15, 0.2) is 41.6 Å². The third-order valence-electron chi connectivity index (χ3n) is 2.53. The molecule has 2 N–H and O–H groups in total. The van der Waals surface area contributed by atoms with E-state index < -0.39 is 5.97 Å². The second-order valence-electron chi connectivity index (χ2n) is 3.87. The minimum absolute atomic E-state index is 0.0413. The molecule has 0 fully saturated rings. The number of aromatic amines is 1. The fraction of sp³-hybridized carbons (Fsp3) is 0.0769. The van der Waals surface area contributed by atoms with Gasteiger partial charge in [-0.15, -0.1) is 0 Å². The van der Waals surface area contributed by atoms with Crippen LogP contribution in [0.2, 0.25) is 5.02 Å². The summed E-state index contributed by atoms with van der Waals surface area (Å²) in [5.41, 5.74) is 4.78. The number of nitrogens with one attached hydrogen (secondary N) is 2. The zero-order chi connectivity index (χ0) is 13.8. The number of halogens is 1. The van der Waals surface area contributed by atoms with Crippen molar-refractivity contribution in [2.75, 3.05) is 5.43 Å². The summed E-state index contributed by atoms with van der Waals surface area (Å²) in [6.45, 7) is 1.81. The van der Waals surface area contributed by atoms with Gasteiger partial charge in [-0.1, -0.05) is 17.7 Å². The molecule has 19 heavy (non-hydrogen) atoms. The summed E-state index contributed by atoms with van der Waals surface area (Å²) < 4.78 is 0. The van der Waals surface area contributed by atoms with Crippen LogP contribution >= 0.6 is 11.6 Å². The molecule has 0 saturated heterocycles. The smallest absolute Gasteiger partial charge is 0.0810 e. The van der Waals surface area contributed by atoms with Gasteiger partial charge in [0.25, 0.3) is 0 Å². The highest BCUT2D eigenvalue weighted by molar-refractivity contribution is 6.33. The summed E-state index contributed by atoms with van der Waals surface area (Å²) in [4.78, 5) is 13.8. The van der Waals surface area contributed by atoms with E-state index in [0.717, 1.165) is 11.4 Å².